The lowest BCUT2D eigenvalue weighted by Gasteiger charge is -2.27. The molecule has 2 aliphatic rings. The lowest BCUT2D eigenvalue weighted by atomic mass is 10.0. The van der Waals surface area contributed by atoms with E-state index in [1.54, 1.807) is 6.20 Å². The first-order valence-electron chi connectivity index (χ1n) is 8.17. The van der Waals surface area contributed by atoms with Crippen LogP contribution in [0, 0.1) is 12.3 Å². The van der Waals surface area contributed by atoms with Crippen LogP contribution in [0.15, 0.2) is 28.6 Å². The number of carbonyl (C=O) groups excluding carboxylic acids is 1. The van der Waals surface area contributed by atoms with Crippen LogP contribution >= 0.6 is 0 Å². The first kappa shape index (κ1) is 16.4. The SMILES string of the molecule is C#CCCC1(CCC(=O)Nc2ccc(N3CCOCC3)nc2)N=N1. The summed E-state index contributed by atoms with van der Waals surface area (Å²) in [6, 6.07) is 3.79. The van der Waals surface area contributed by atoms with Crippen LogP contribution in [0.3, 0.4) is 0 Å². The Morgan fingerprint density at radius 3 is 2.75 bits per heavy atom. The smallest absolute Gasteiger partial charge is 0.224 e. The summed E-state index contributed by atoms with van der Waals surface area (Å²) in [6.45, 7) is 3.12. The maximum Gasteiger partial charge on any atom is 0.224 e. The van der Waals surface area contributed by atoms with Crippen molar-refractivity contribution in [1.29, 1.82) is 0 Å². The van der Waals surface area contributed by atoms with E-state index >= 15 is 0 Å². The second-order valence-corrected chi connectivity index (χ2v) is 5.94. The van der Waals surface area contributed by atoms with Crippen LogP contribution in [0.25, 0.3) is 0 Å². The number of morpholine rings is 1. The van der Waals surface area contributed by atoms with Crippen LogP contribution in [0.1, 0.15) is 25.7 Å². The maximum absolute atomic E-state index is 12.1. The fourth-order valence-electron chi connectivity index (χ4n) is 2.64. The fourth-order valence-corrected chi connectivity index (χ4v) is 2.64. The molecule has 7 nitrogen and oxygen atoms in total. The summed E-state index contributed by atoms with van der Waals surface area (Å²) in [4.78, 5) is 18.6. The average Bonchev–Trinajstić information content (AvgIpc) is 3.40. The highest BCUT2D eigenvalue weighted by atomic mass is 16.5. The van der Waals surface area contributed by atoms with Crippen molar-refractivity contribution >= 4 is 17.4 Å². The number of ether oxygens (including phenoxy) is 1. The molecule has 1 saturated heterocycles. The van der Waals surface area contributed by atoms with Gasteiger partial charge in [-0.25, -0.2) is 4.98 Å². The Kier molecular flexibility index (Phi) is 5.06. The molecular formula is C17H21N5O2. The van der Waals surface area contributed by atoms with Gasteiger partial charge in [-0.05, 0) is 12.1 Å². The first-order chi connectivity index (χ1) is 11.7. The molecule has 2 aliphatic heterocycles. The van der Waals surface area contributed by atoms with E-state index in [9.17, 15) is 4.79 Å². The summed E-state index contributed by atoms with van der Waals surface area (Å²) in [5.41, 5.74) is 0.279. The third-order valence-electron chi connectivity index (χ3n) is 4.17. The number of terminal acetylenes is 1. The second kappa shape index (κ2) is 7.41. The van der Waals surface area contributed by atoms with E-state index in [-0.39, 0.29) is 5.91 Å². The van der Waals surface area contributed by atoms with Gasteiger partial charge in [0.25, 0.3) is 0 Å². The maximum atomic E-state index is 12.1. The molecule has 0 saturated carbocycles. The molecule has 1 amide bonds. The number of carbonyl (C=O) groups is 1. The molecule has 0 unspecified atom stereocenters. The molecule has 0 atom stereocenters. The minimum atomic E-state index is -0.415. The van der Waals surface area contributed by atoms with Gasteiger partial charge < -0.3 is 15.0 Å². The standard InChI is InChI=1S/C17H21N5O2/c1-2-3-7-17(20-21-17)8-6-16(23)19-14-4-5-15(18-13-14)22-9-11-24-12-10-22/h1,4-5,13H,3,6-12H2,(H,19,23). The molecule has 0 aliphatic carbocycles. The molecule has 7 heteroatoms. The molecule has 1 aromatic rings. The van der Waals surface area contributed by atoms with E-state index in [1.165, 1.54) is 0 Å². The third-order valence-corrected chi connectivity index (χ3v) is 4.17. The van der Waals surface area contributed by atoms with Gasteiger partial charge in [-0.1, -0.05) is 0 Å². The molecule has 1 aromatic heterocycles. The summed E-state index contributed by atoms with van der Waals surface area (Å²) < 4.78 is 5.33. The van der Waals surface area contributed by atoms with Crippen LogP contribution in [0.5, 0.6) is 0 Å². The van der Waals surface area contributed by atoms with Gasteiger partial charge in [-0.3, -0.25) is 4.79 Å². The highest BCUT2D eigenvalue weighted by Gasteiger charge is 2.39. The van der Waals surface area contributed by atoms with Crippen LogP contribution < -0.4 is 10.2 Å². The summed E-state index contributed by atoms with van der Waals surface area (Å²) >= 11 is 0. The molecule has 1 fully saturated rings. The van der Waals surface area contributed by atoms with Gasteiger partial charge in [0.15, 0.2) is 5.66 Å². The lowest BCUT2D eigenvalue weighted by molar-refractivity contribution is -0.116. The Balaban J connectivity index is 1.45. The number of nitrogens with one attached hydrogen (secondary N) is 1. The summed E-state index contributed by atoms with van der Waals surface area (Å²) in [5, 5.41) is 10.9. The van der Waals surface area contributed by atoms with Crippen molar-refractivity contribution in [2.24, 2.45) is 10.2 Å². The number of nitrogens with zero attached hydrogens (tertiary/aromatic N) is 4. The predicted octanol–water partition coefficient (Wildman–Crippen LogP) is 2.21. The van der Waals surface area contributed by atoms with Gasteiger partial charge in [0.2, 0.25) is 5.91 Å². The van der Waals surface area contributed by atoms with Gasteiger partial charge in [-0.2, -0.15) is 10.2 Å². The lowest BCUT2D eigenvalue weighted by Crippen LogP contribution is -2.36. The molecule has 126 valence electrons. The van der Waals surface area contributed by atoms with Crippen molar-refractivity contribution in [1.82, 2.24) is 4.98 Å². The van der Waals surface area contributed by atoms with Gasteiger partial charge in [-0.15, -0.1) is 12.3 Å². The molecule has 3 heterocycles. The van der Waals surface area contributed by atoms with Gasteiger partial charge >= 0.3 is 0 Å². The number of aromatic nitrogens is 1. The topological polar surface area (TPSA) is 79.2 Å². The van der Waals surface area contributed by atoms with E-state index in [4.69, 9.17) is 11.2 Å². The van der Waals surface area contributed by atoms with Crippen molar-refractivity contribution in [2.45, 2.75) is 31.3 Å². The third kappa shape index (κ3) is 4.30. The summed E-state index contributed by atoms with van der Waals surface area (Å²) in [6.07, 6.45) is 9.24. The van der Waals surface area contributed by atoms with Crippen molar-refractivity contribution in [3.05, 3.63) is 18.3 Å². The number of amides is 1. The average molecular weight is 327 g/mol. The Hall–Kier alpha value is -2.46. The van der Waals surface area contributed by atoms with E-state index < -0.39 is 5.66 Å². The monoisotopic (exact) mass is 327 g/mol. The normalized spacial score (nSPS) is 18.0. The molecule has 0 aromatic carbocycles. The molecule has 0 bridgehead atoms. The first-order valence-corrected chi connectivity index (χ1v) is 8.17. The molecular weight excluding hydrogens is 306 g/mol. The van der Waals surface area contributed by atoms with Gasteiger partial charge in [0.1, 0.15) is 5.82 Å². The zero-order valence-electron chi connectivity index (χ0n) is 13.6. The van der Waals surface area contributed by atoms with E-state index in [0.29, 0.717) is 31.4 Å². The Morgan fingerprint density at radius 2 is 2.12 bits per heavy atom. The summed E-state index contributed by atoms with van der Waals surface area (Å²) in [7, 11) is 0. The number of anilines is 2. The molecule has 3 rings (SSSR count). The van der Waals surface area contributed by atoms with E-state index in [1.807, 2.05) is 12.1 Å². The van der Waals surface area contributed by atoms with E-state index in [2.05, 4.69) is 31.3 Å². The zero-order valence-corrected chi connectivity index (χ0v) is 13.6. The molecule has 1 N–H and O–H groups in total. The highest BCUT2D eigenvalue weighted by Crippen LogP contribution is 2.37. The van der Waals surface area contributed by atoms with Crippen molar-refractivity contribution in [3.8, 4) is 12.3 Å². The van der Waals surface area contributed by atoms with E-state index in [0.717, 1.165) is 32.1 Å². The minimum Gasteiger partial charge on any atom is -0.378 e. The Bertz CT molecular complexity index is 638. The number of hydrogen-bond acceptors (Lipinski definition) is 6. The second-order valence-electron chi connectivity index (χ2n) is 5.94. The van der Waals surface area contributed by atoms with Gasteiger partial charge in [0, 0.05) is 38.8 Å². The predicted molar refractivity (Wildman–Crippen MR) is 90.8 cm³/mol. The van der Waals surface area contributed by atoms with Crippen molar-refractivity contribution < 1.29 is 9.53 Å². The minimum absolute atomic E-state index is 0.0618. The quantitative estimate of drug-likeness (QED) is 0.779. The fraction of sp³-hybridized carbons (Fsp3) is 0.529. The number of pyridine rings is 1. The van der Waals surface area contributed by atoms with Gasteiger partial charge in [0.05, 0.1) is 25.1 Å². The molecule has 24 heavy (non-hydrogen) atoms. The van der Waals surface area contributed by atoms with Crippen molar-refractivity contribution in [2.75, 3.05) is 36.5 Å². The zero-order chi connectivity index (χ0) is 16.8. The largest absolute Gasteiger partial charge is 0.378 e. The Labute approximate surface area is 141 Å². The summed E-state index contributed by atoms with van der Waals surface area (Å²) in [5.74, 6) is 3.42. The molecule has 0 spiro atoms. The van der Waals surface area contributed by atoms with Crippen LogP contribution in [0.2, 0.25) is 0 Å². The Morgan fingerprint density at radius 1 is 1.33 bits per heavy atom. The van der Waals surface area contributed by atoms with Crippen LogP contribution in [-0.4, -0.2) is 42.9 Å². The van der Waals surface area contributed by atoms with Crippen LogP contribution in [-0.2, 0) is 9.53 Å². The molecule has 0 radical (unpaired) electrons. The van der Waals surface area contributed by atoms with Crippen molar-refractivity contribution in [3.63, 3.8) is 0 Å². The number of hydrogen-bond donors (Lipinski definition) is 1. The highest BCUT2D eigenvalue weighted by molar-refractivity contribution is 5.90. The number of rotatable bonds is 7. The van der Waals surface area contributed by atoms with Crippen LogP contribution in [0.4, 0.5) is 11.5 Å².